The first-order valence-electron chi connectivity index (χ1n) is 6.52. The molecule has 0 saturated carbocycles. The molecule has 2 atom stereocenters. The van der Waals surface area contributed by atoms with Crippen LogP contribution in [0.5, 0.6) is 0 Å². The summed E-state index contributed by atoms with van der Waals surface area (Å²) in [4.78, 5) is 1.16. The molecule has 110 valence electrons. The molecule has 2 heterocycles. The summed E-state index contributed by atoms with van der Waals surface area (Å²) < 4.78 is 7.33. The minimum absolute atomic E-state index is 0.0365. The minimum atomic E-state index is -0.536. The van der Waals surface area contributed by atoms with Crippen molar-refractivity contribution < 1.29 is 9.84 Å². The molecule has 7 heteroatoms. The molecular weight excluding hydrogens is 276 g/mol. The zero-order valence-electron chi connectivity index (χ0n) is 11.7. The maximum Gasteiger partial charge on any atom is 0.149 e. The lowest BCUT2D eigenvalue weighted by molar-refractivity contribution is 0.0286. The number of nitrogens with one attached hydrogen (secondary N) is 1. The van der Waals surface area contributed by atoms with E-state index in [0.29, 0.717) is 19.8 Å². The Morgan fingerprint density at radius 1 is 1.55 bits per heavy atom. The molecule has 6 nitrogen and oxygen atoms in total. The highest BCUT2D eigenvalue weighted by Crippen LogP contribution is 2.10. The third-order valence-electron chi connectivity index (χ3n) is 2.93. The maximum atomic E-state index is 9.87. The molecule has 2 rings (SSSR count). The predicted molar refractivity (Wildman–Crippen MR) is 77.4 cm³/mol. The summed E-state index contributed by atoms with van der Waals surface area (Å²) in [5.74, 6) is 0.844. The molecule has 2 aromatic rings. The van der Waals surface area contributed by atoms with Gasteiger partial charge in [-0.3, -0.25) is 0 Å². The number of hydrogen-bond acceptors (Lipinski definition) is 6. The van der Waals surface area contributed by atoms with Gasteiger partial charge in [0.05, 0.1) is 25.4 Å². The SMILES string of the molecule is CC(NCC(O)COCc1cccs1)c1nncn1C. The largest absolute Gasteiger partial charge is 0.389 e. The smallest absolute Gasteiger partial charge is 0.149 e. The van der Waals surface area contributed by atoms with Crippen LogP contribution in [-0.2, 0) is 18.4 Å². The molecule has 0 saturated heterocycles. The van der Waals surface area contributed by atoms with Gasteiger partial charge in [0, 0.05) is 18.5 Å². The van der Waals surface area contributed by atoms with Crippen LogP contribution < -0.4 is 5.32 Å². The van der Waals surface area contributed by atoms with Crippen LogP contribution >= 0.6 is 11.3 Å². The van der Waals surface area contributed by atoms with Crippen LogP contribution in [0.25, 0.3) is 0 Å². The van der Waals surface area contributed by atoms with Gasteiger partial charge in [-0.2, -0.15) is 0 Å². The van der Waals surface area contributed by atoms with Gasteiger partial charge in [-0.25, -0.2) is 0 Å². The van der Waals surface area contributed by atoms with Crippen molar-refractivity contribution in [2.24, 2.45) is 7.05 Å². The molecule has 2 N–H and O–H groups in total. The average Bonchev–Trinajstić information content (AvgIpc) is 3.07. The highest BCUT2D eigenvalue weighted by Gasteiger charge is 2.13. The van der Waals surface area contributed by atoms with E-state index in [9.17, 15) is 5.11 Å². The number of aromatic nitrogens is 3. The van der Waals surface area contributed by atoms with E-state index in [0.717, 1.165) is 10.7 Å². The van der Waals surface area contributed by atoms with Gasteiger partial charge >= 0.3 is 0 Å². The van der Waals surface area contributed by atoms with Crippen molar-refractivity contribution in [1.82, 2.24) is 20.1 Å². The number of nitrogens with zero attached hydrogens (tertiary/aromatic N) is 3. The molecule has 2 unspecified atom stereocenters. The predicted octanol–water partition coefficient (Wildman–Crippen LogP) is 1.10. The first-order chi connectivity index (χ1) is 9.66. The van der Waals surface area contributed by atoms with Gasteiger partial charge in [0.25, 0.3) is 0 Å². The lowest BCUT2D eigenvalue weighted by Gasteiger charge is -2.16. The van der Waals surface area contributed by atoms with Crippen LogP contribution in [0.2, 0.25) is 0 Å². The van der Waals surface area contributed by atoms with Crippen LogP contribution in [-0.4, -0.2) is 39.1 Å². The molecule has 0 aromatic carbocycles. The number of aryl methyl sites for hydroxylation is 1. The zero-order chi connectivity index (χ0) is 14.4. The molecule has 20 heavy (non-hydrogen) atoms. The van der Waals surface area contributed by atoms with Crippen molar-refractivity contribution >= 4 is 11.3 Å². The van der Waals surface area contributed by atoms with Crippen LogP contribution in [0.4, 0.5) is 0 Å². The molecule has 0 aliphatic rings. The summed E-state index contributed by atoms with van der Waals surface area (Å²) in [7, 11) is 1.90. The Balaban J connectivity index is 1.64. The first kappa shape index (κ1) is 15.1. The van der Waals surface area contributed by atoms with E-state index >= 15 is 0 Å². The Bertz CT molecular complexity index is 500. The minimum Gasteiger partial charge on any atom is -0.389 e. The summed E-state index contributed by atoms with van der Waals surface area (Å²) in [6, 6.07) is 4.05. The number of thiophene rings is 1. The Kier molecular flexibility index (Phi) is 5.66. The van der Waals surface area contributed by atoms with Crippen molar-refractivity contribution in [3.8, 4) is 0 Å². The fourth-order valence-electron chi connectivity index (χ4n) is 1.84. The van der Waals surface area contributed by atoms with Crippen LogP contribution in [0.15, 0.2) is 23.8 Å². The van der Waals surface area contributed by atoms with Crippen LogP contribution in [0.1, 0.15) is 23.7 Å². The average molecular weight is 296 g/mol. The molecule has 0 fully saturated rings. The lowest BCUT2D eigenvalue weighted by Crippen LogP contribution is -2.33. The number of hydrogen-bond donors (Lipinski definition) is 2. The molecule has 0 spiro atoms. The molecule has 0 bridgehead atoms. The fraction of sp³-hybridized carbons (Fsp3) is 0.538. The van der Waals surface area contributed by atoms with Gasteiger partial charge in [0.15, 0.2) is 0 Å². The summed E-state index contributed by atoms with van der Waals surface area (Å²) in [5.41, 5.74) is 0. The second-order valence-electron chi connectivity index (χ2n) is 4.68. The normalized spacial score (nSPS) is 14.3. The van der Waals surface area contributed by atoms with Crippen molar-refractivity contribution in [2.45, 2.75) is 25.7 Å². The van der Waals surface area contributed by atoms with Gasteiger partial charge in [0.1, 0.15) is 12.2 Å². The summed E-state index contributed by atoms with van der Waals surface area (Å²) in [5, 5.41) is 23.0. The highest BCUT2D eigenvalue weighted by molar-refractivity contribution is 7.09. The van der Waals surface area contributed by atoms with E-state index < -0.39 is 6.10 Å². The molecule has 2 aromatic heterocycles. The van der Waals surface area contributed by atoms with Crippen molar-refractivity contribution in [2.75, 3.05) is 13.2 Å². The summed E-state index contributed by atoms with van der Waals surface area (Å²) >= 11 is 1.65. The number of aliphatic hydroxyl groups is 1. The van der Waals surface area contributed by atoms with Gasteiger partial charge in [-0.15, -0.1) is 21.5 Å². The van der Waals surface area contributed by atoms with Gasteiger partial charge < -0.3 is 19.7 Å². The van der Waals surface area contributed by atoms with E-state index in [2.05, 4.69) is 15.5 Å². The third-order valence-corrected chi connectivity index (χ3v) is 3.78. The Morgan fingerprint density at radius 3 is 3.05 bits per heavy atom. The Hall–Kier alpha value is -1.28. The number of ether oxygens (including phenoxy) is 1. The third kappa shape index (κ3) is 4.38. The number of aliphatic hydroxyl groups excluding tert-OH is 1. The van der Waals surface area contributed by atoms with Gasteiger partial charge in [-0.05, 0) is 18.4 Å². The van der Waals surface area contributed by atoms with E-state index in [-0.39, 0.29) is 6.04 Å². The quantitative estimate of drug-likeness (QED) is 0.763. The number of rotatable bonds is 8. The second kappa shape index (κ2) is 7.49. The standard InChI is InChI=1S/C13H20N4O2S/c1-10(13-16-15-9-17(13)2)14-6-11(18)7-19-8-12-4-3-5-20-12/h3-5,9-11,14,18H,6-8H2,1-2H3. The lowest BCUT2D eigenvalue weighted by atomic mass is 10.3. The fourth-order valence-corrected chi connectivity index (χ4v) is 2.48. The zero-order valence-corrected chi connectivity index (χ0v) is 12.5. The van der Waals surface area contributed by atoms with Crippen molar-refractivity contribution in [3.63, 3.8) is 0 Å². The van der Waals surface area contributed by atoms with Crippen molar-refractivity contribution in [1.29, 1.82) is 0 Å². The monoisotopic (exact) mass is 296 g/mol. The van der Waals surface area contributed by atoms with Gasteiger partial charge in [0.2, 0.25) is 0 Å². The molecule has 0 amide bonds. The highest BCUT2D eigenvalue weighted by atomic mass is 32.1. The van der Waals surface area contributed by atoms with E-state index in [1.54, 1.807) is 17.7 Å². The first-order valence-corrected chi connectivity index (χ1v) is 7.40. The molecular formula is C13H20N4O2S. The molecule has 0 radical (unpaired) electrons. The van der Waals surface area contributed by atoms with Crippen LogP contribution in [0, 0.1) is 0 Å². The topological polar surface area (TPSA) is 72.2 Å². The second-order valence-corrected chi connectivity index (χ2v) is 5.71. The van der Waals surface area contributed by atoms with Crippen LogP contribution in [0.3, 0.4) is 0 Å². The van der Waals surface area contributed by atoms with Gasteiger partial charge in [-0.1, -0.05) is 6.07 Å². The maximum absolute atomic E-state index is 9.87. The molecule has 0 aliphatic carbocycles. The molecule has 0 aliphatic heterocycles. The van der Waals surface area contributed by atoms with E-state index in [1.807, 2.05) is 36.1 Å². The summed E-state index contributed by atoms with van der Waals surface area (Å²) in [6.07, 6.45) is 1.12. The van der Waals surface area contributed by atoms with Crippen molar-refractivity contribution in [3.05, 3.63) is 34.5 Å². The van der Waals surface area contributed by atoms with E-state index in [4.69, 9.17) is 4.74 Å². The Morgan fingerprint density at radius 2 is 2.40 bits per heavy atom. The summed E-state index contributed by atoms with van der Waals surface area (Å²) in [6.45, 7) is 3.31. The van der Waals surface area contributed by atoms with E-state index in [1.165, 1.54) is 0 Å². The Labute approximate surface area is 122 Å².